The summed E-state index contributed by atoms with van der Waals surface area (Å²) >= 11 is 0. The lowest BCUT2D eigenvalue weighted by molar-refractivity contribution is -0.230. The van der Waals surface area contributed by atoms with E-state index >= 15 is 0 Å². The van der Waals surface area contributed by atoms with Gasteiger partial charge >= 0.3 is 0 Å². The van der Waals surface area contributed by atoms with Gasteiger partial charge in [-0.2, -0.15) is 0 Å². The summed E-state index contributed by atoms with van der Waals surface area (Å²) in [6.07, 6.45) is 2.49. The predicted molar refractivity (Wildman–Crippen MR) is 51.2 cm³/mol. The van der Waals surface area contributed by atoms with Crippen LogP contribution in [-0.2, 0) is 9.47 Å². The van der Waals surface area contributed by atoms with E-state index < -0.39 is 5.79 Å². The highest BCUT2D eigenvalue weighted by atomic mass is 16.7. The average molecular weight is 174 g/mol. The molecule has 0 spiro atoms. The van der Waals surface area contributed by atoms with Gasteiger partial charge in [0.25, 0.3) is 0 Å². The summed E-state index contributed by atoms with van der Waals surface area (Å²) in [6, 6.07) is 0. The third-order valence-electron chi connectivity index (χ3n) is 1.47. The molecule has 0 N–H and O–H groups in total. The Morgan fingerprint density at radius 3 is 2.25 bits per heavy atom. The summed E-state index contributed by atoms with van der Waals surface area (Å²) in [5.41, 5.74) is 0. The Morgan fingerprint density at radius 1 is 1.25 bits per heavy atom. The van der Waals surface area contributed by atoms with Gasteiger partial charge in [-0.3, -0.25) is 0 Å². The zero-order valence-electron chi connectivity index (χ0n) is 9.02. The Kier molecular flexibility index (Phi) is 5.51. The molecule has 0 bridgehead atoms. The molecule has 0 aromatic heterocycles. The molecule has 2 nitrogen and oxygen atoms in total. The summed E-state index contributed by atoms with van der Waals surface area (Å²) in [6.45, 7) is 10.9. The van der Waals surface area contributed by atoms with Crippen LogP contribution in [0, 0.1) is 0 Å². The van der Waals surface area contributed by atoms with E-state index in [9.17, 15) is 0 Å². The molecule has 0 radical (unpaired) electrons. The molecule has 74 valence electrons. The highest BCUT2D eigenvalue weighted by Crippen LogP contribution is 2.14. The molecular weight excluding hydrogens is 152 g/mol. The van der Waals surface area contributed by atoms with Gasteiger partial charge in [0.05, 0.1) is 6.10 Å². The fourth-order valence-corrected chi connectivity index (χ4v) is 1.06. The molecule has 0 aromatic rings. The van der Waals surface area contributed by atoms with Crippen molar-refractivity contribution >= 4 is 0 Å². The molecule has 0 fully saturated rings. The topological polar surface area (TPSA) is 18.5 Å². The first-order valence-corrected chi connectivity index (χ1v) is 4.79. The monoisotopic (exact) mass is 174 g/mol. The molecule has 0 rings (SSSR count). The Bertz CT molecular complexity index is 108. The van der Waals surface area contributed by atoms with Gasteiger partial charge in [-0.1, -0.05) is 13.3 Å². The maximum absolute atomic E-state index is 5.56. The molecule has 0 amide bonds. The van der Waals surface area contributed by atoms with Gasteiger partial charge in [0.2, 0.25) is 0 Å². The molecule has 0 saturated heterocycles. The predicted octanol–water partition coefficient (Wildman–Crippen LogP) is 2.96. The zero-order valence-corrected chi connectivity index (χ0v) is 9.02. The summed E-state index contributed by atoms with van der Waals surface area (Å²) in [5, 5.41) is 0. The van der Waals surface area contributed by atoms with Gasteiger partial charge < -0.3 is 9.47 Å². The van der Waals surface area contributed by atoms with Gasteiger partial charge in [-0.25, -0.2) is 0 Å². The third kappa shape index (κ3) is 6.62. The lowest BCUT2D eigenvalue weighted by Crippen LogP contribution is -2.31. The molecular formula is C10H22O2. The van der Waals surface area contributed by atoms with Crippen LogP contribution in [0.3, 0.4) is 0 Å². The molecule has 0 atom stereocenters. The Hall–Kier alpha value is -0.0800. The fourth-order valence-electron chi connectivity index (χ4n) is 1.06. The van der Waals surface area contributed by atoms with Crippen molar-refractivity contribution in [1.82, 2.24) is 0 Å². The average Bonchev–Trinajstić information content (AvgIpc) is 1.84. The summed E-state index contributed by atoms with van der Waals surface area (Å²) in [4.78, 5) is 0. The van der Waals surface area contributed by atoms with Crippen molar-refractivity contribution in [2.24, 2.45) is 0 Å². The van der Waals surface area contributed by atoms with Crippen molar-refractivity contribution in [2.45, 2.75) is 59.4 Å². The van der Waals surface area contributed by atoms with Crippen LogP contribution in [0.1, 0.15) is 47.5 Å². The van der Waals surface area contributed by atoms with E-state index in [2.05, 4.69) is 6.92 Å². The second kappa shape index (κ2) is 5.55. The molecule has 12 heavy (non-hydrogen) atoms. The Morgan fingerprint density at radius 2 is 1.83 bits per heavy atom. The fraction of sp³-hybridized carbons (Fsp3) is 1.00. The SMILES string of the molecule is CCCCOC(C)(C)OC(C)C. The number of hydrogen-bond acceptors (Lipinski definition) is 2. The molecule has 0 aliphatic carbocycles. The van der Waals surface area contributed by atoms with E-state index in [1.54, 1.807) is 0 Å². The Balaban J connectivity index is 3.56. The maximum atomic E-state index is 5.56. The van der Waals surface area contributed by atoms with Crippen LogP contribution in [0.5, 0.6) is 0 Å². The Labute approximate surface area is 76.3 Å². The van der Waals surface area contributed by atoms with E-state index in [-0.39, 0.29) is 6.10 Å². The first-order valence-electron chi connectivity index (χ1n) is 4.79. The van der Waals surface area contributed by atoms with Crippen LogP contribution in [0.2, 0.25) is 0 Å². The molecule has 0 aliphatic rings. The largest absolute Gasteiger partial charge is 0.351 e. The minimum atomic E-state index is -0.427. The highest BCUT2D eigenvalue weighted by Gasteiger charge is 2.19. The normalized spacial score (nSPS) is 12.5. The lowest BCUT2D eigenvalue weighted by Gasteiger charge is -2.27. The van der Waals surface area contributed by atoms with Gasteiger partial charge in [-0.15, -0.1) is 0 Å². The summed E-state index contributed by atoms with van der Waals surface area (Å²) < 4.78 is 11.1. The quantitative estimate of drug-likeness (QED) is 0.455. The first kappa shape index (κ1) is 11.9. The molecule has 0 unspecified atom stereocenters. The second-order valence-electron chi connectivity index (χ2n) is 3.77. The van der Waals surface area contributed by atoms with Gasteiger partial charge in [-0.05, 0) is 34.1 Å². The summed E-state index contributed by atoms with van der Waals surface area (Å²) in [5.74, 6) is -0.427. The van der Waals surface area contributed by atoms with E-state index in [4.69, 9.17) is 9.47 Å². The van der Waals surface area contributed by atoms with Gasteiger partial charge in [0, 0.05) is 6.61 Å². The minimum absolute atomic E-state index is 0.224. The number of ether oxygens (including phenoxy) is 2. The third-order valence-corrected chi connectivity index (χ3v) is 1.47. The first-order chi connectivity index (χ1) is 5.48. The minimum Gasteiger partial charge on any atom is -0.351 e. The van der Waals surface area contributed by atoms with E-state index in [0.717, 1.165) is 19.4 Å². The molecule has 0 heterocycles. The molecule has 2 heteroatoms. The van der Waals surface area contributed by atoms with Crippen molar-refractivity contribution in [3.05, 3.63) is 0 Å². The van der Waals surface area contributed by atoms with E-state index in [0.29, 0.717) is 0 Å². The highest BCUT2D eigenvalue weighted by molar-refractivity contribution is 4.55. The smallest absolute Gasteiger partial charge is 0.163 e. The summed E-state index contributed by atoms with van der Waals surface area (Å²) in [7, 11) is 0. The van der Waals surface area contributed by atoms with E-state index in [1.807, 2.05) is 27.7 Å². The number of unbranched alkanes of at least 4 members (excludes halogenated alkanes) is 1. The van der Waals surface area contributed by atoms with Crippen LogP contribution in [0.4, 0.5) is 0 Å². The van der Waals surface area contributed by atoms with E-state index in [1.165, 1.54) is 0 Å². The van der Waals surface area contributed by atoms with Crippen molar-refractivity contribution < 1.29 is 9.47 Å². The second-order valence-corrected chi connectivity index (χ2v) is 3.77. The zero-order chi connectivity index (χ0) is 9.61. The lowest BCUT2D eigenvalue weighted by atomic mass is 10.3. The number of hydrogen-bond donors (Lipinski definition) is 0. The maximum Gasteiger partial charge on any atom is 0.163 e. The van der Waals surface area contributed by atoms with Gasteiger partial charge in [0.1, 0.15) is 0 Å². The van der Waals surface area contributed by atoms with Gasteiger partial charge in [0.15, 0.2) is 5.79 Å². The van der Waals surface area contributed by atoms with Crippen molar-refractivity contribution in [1.29, 1.82) is 0 Å². The molecule has 0 aliphatic heterocycles. The van der Waals surface area contributed by atoms with Crippen LogP contribution >= 0.6 is 0 Å². The molecule has 0 aromatic carbocycles. The standard InChI is InChI=1S/C10H22O2/c1-6-7-8-11-10(4,5)12-9(2)3/h9H,6-8H2,1-5H3. The number of rotatable bonds is 6. The van der Waals surface area contributed by atoms with Crippen molar-refractivity contribution in [3.63, 3.8) is 0 Å². The van der Waals surface area contributed by atoms with Crippen LogP contribution in [-0.4, -0.2) is 18.5 Å². The van der Waals surface area contributed by atoms with Crippen molar-refractivity contribution in [2.75, 3.05) is 6.61 Å². The van der Waals surface area contributed by atoms with Crippen LogP contribution < -0.4 is 0 Å². The molecule has 0 saturated carbocycles. The van der Waals surface area contributed by atoms with Crippen LogP contribution in [0.15, 0.2) is 0 Å². The van der Waals surface area contributed by atoms with Crippen LogP contribution in [0.25, 0.3) is 0 Å². The van der Waals surface area contributed by atoms with Crippen molar-refractivity contribution in [3.8, 4) is 0 Å².